The molecule has 2 aromatic carbocycles. The molecule has 174 valence electrons. The van der Waals surface area contributed by atoms with E-state index in [4.69, 9.17) is 23.4 Å². The van der Waals surface area contributed by atoms with Crippen LogP contribution in [0.25, 0.3) is 17.0 Å². The zero-order chi connectivity index (χ0) is 24.1. The third-order valence-electron chi connectivity index (χ3n) is 5.31. The van der Waals surface area contributed by atoms with Gasteiger partial charge in [0.1, 0.15) is 12.2 Å². The first-order valence-corrected chi connectivity index (χ1v) is 10.5. The van der Waals surface area contributed by atoms with Crippen LogP contribution in [0.2, 0.25) is 0 Å². The van der Waals surface area contributed by atoms with Crippen LogP contribution >= 0.6 is 0 Å². The molecule has 0 spiro atoms. The van der Waals surface area contributed by atoms with E-state index < -0.39 is 11.6 Å². The smallest absolute Gasteiger partial charge is 0.336 e. The lowest BCUT2D eigenvalue weighted by atomic mass is 9.95. The highest BCUT2D eigenvalue weighted by Gasteiger charge is 2.14. The Hall–Kier alpha value is -3.74. The van der Waals surface area contributed by atoms with Crippen LogP contribution in [-0.2, 0) is 16.1 Å². The Bertz CT molecular complexity index is 1230. The van der Waals surface area contributed by atoms with Crippen molar-refractivity contribution < 1.29 is 28.2 Å². The molecule has 0 fully saturated rings. The monoisotopic (exact) mass is 452 g/mol. The van der Waals surface area contributed by atoms with E-state index in [2.05, 4.69) is 13.8 Å². The number of fused-ring (bicyclic) bond motifs is 1. The Morgan fingerprint density at radius 1 is 1.00 bits per heavy atom. The number of carbonyl (C=O) groups excluding carboxylic acids is 1. The minimum absolute atomic E-state index is 0.0544. The van der Waals surface area contributed by atoms with Gasteiger partial charge in [-0.2, -0.15) is 0 Å². The maximum atomic E-state index is 12.4. The van der Waals surface area contributed by atoms with Crippen LogP contribution in [0, 0.1) is 6.92 Å². The highest BCUT2D eigenvalue weighted by molar-refractivity contribution is 5.88. The molecule has 1 heterocycles. The Morgan fingerprint density at radius 3 is 2.24 bits per heavy atom. The van der Waals surface area contributed by atoms with Gasteiger partial charge in [0.15, 0.2) is 11.5 Å². The number of hydrogen-bond donors (Lipinski definition) is 0. The lowest BCUT2D eigenvalue weighted by Crippen LogP contribution is -2.06. The van der Waals surface area contributed by atoms with E-state index in [-0.39, 0.29) is 6.61 Å². The van der Waals surface area contributed by atoms with Crippen molar-refractivity contribution in [2.75, 3.05) is 21.3 Å². The molecule has 0 aliphatic carbocycles. The van der Waals surface area contributed by atoms with E-state index in [9.17, 15) is 9.59 Å². The predicted octanol–water partition coefficient (Wildman–Crippen LogP) is 5.01. The number of carbonyl (C=O) groups is 1. The number of hydrogen-bond acceptors (Lipinski definition) is 7. The van der Waals surface area contributed by atoms with Gasteiger partial charge in [0, 0.05) is 23.1 Å². The fraction of sp³-hybridized carbons (Fsp3) is 0.308. The summed E-state index contributed by atoms with van der Waals surface area (Å²) in [4.78, 5) is 24.4. The maximum absolute atomic E-state index is 12.4. The lowest BCUT2D eigenvalue weighted by molar-refractivity contribution is -0.138. The van der Waals surface area contributed by atoms with Crippen LogP contribution in [0.4, 0.5) is 0 Å². The first-order valence-electron chi connectivity index (χ1n) is 10.5. The average Bonchev–Trinajstić information content (AvgIpc) is 2.79. The second-order valence-electron chi connectivity index (χ2n) is 7.85. The van der Waals surface area contributed by atoms with Gasteiger partial charge in [0.25, 0.3) is 0 Å². The van der Waals surface area contributed by atoms with Crippen molar-refractivity contribution in [1.82, 2.24) is 0 Å². The highest BCUT2D eigenvalue weighted by atomic mass is 16.5. The van der Waals surface area contributed by atoms with Crippen molar-refractivity contribution in [3.8, 4) is 17.2 Å². The average molecular weight is 453 g/mol. The zero-order valence-corrected chi connectivity index (χ0v) is 19.7. The number of ether oxygens (including phenoxy) is 4. The molecule has 0 bridgehead atoms. The van der Waals surface area contributed by atoms with E-state index in [0.29, 0.717) is 39.9 Å². The van der Waals surface area contributed by atoms with Gasteiger partial charge in [0.05, 0.1) is 21.3 Å². The number of aryl methyl sites for hydroxylation is 1. The van der Waals surface area contributed by atoms with E-state index in [1.165, 1.54) is 33.5 Å². The molecule has 0 unspecified atom stereocenters. The normalized spacial score (nSPS) is 11.2. The molecule has 3 aromatic rings. The second-order valence-corrected chi connectivity index (χ2v) is 7.85. The van der Waals surface area contributed by atoms with Gasteiger partial charge >= 0.3 is 11.6 Å². The van der Waals surface area contributed by atoms with E-state index in [0.717, 1.165) is 16.5 Å². The molecule has 0 saturated heterocycles. The molecule has 0 atom stereocenters. The minimum atomic E-state index is -0.554. The largest absolute Gasteiger partial charge is 0.493 e. The third kappa shape index (κ3) is 5.37. The van der Waals surface area contributed by atoms with Crippen LogP contribution < -0.4 is 19.8 Å². The summed E-state index contributed by atoms with van der Waals surface area (Å²) in [5.74, 6) is 1.16. The van der Waals surface area contributed by atoms with Crippen molar-refractivity contribution in [3.05, 3.63) is 69.1 Å². The van der Waals surface area contributed by atoms with Gasteiger partial charge in [0.2, 0.25) is 5.75 Å². The van der Waals surface area contributed by atoms with E-state index in [1.54, 1.807) is 18.2 Å². The van der Waals surface area contributed by atoms with Gasteiger partial charge in [-0.15, -0.1) is 0 Å². The lowest BCUT2D eigenvalue weighted by Gasteiger charge is -2.13. The summed E-state index contributed by atoms with van der Waals surface area (Å²) in [5.41, 5.74) is 3.44. The summed E-state index contributed by atoms with van der Waals surface area (Å²) in [5, 5.41) is 0.755. The number of benzene rings is 2. The fourth-order valence-corrected chi connectivity index (χ4v) is 3.69. The van der Waals surface area contributed by atoms with Crippen molar-refractivity contribution in [2.45, 2.75) is 33.3 Å². The van der Waals surface area contributed by atoms with Crippen LogP contribution in [0.15, 0.2) is 45.6 Å². The molecule has 7 heteroatoms. The molecule has 1 aromatic heterocycles. The molecule has 33 heavy (non-hydrogen) atoms. The maximum Gasteiger partial charge on any atom is 0.336 e. The van der Waals surface area contributed by atoms with Gasteiger partial charge in [-0.25, -0.2) is 9.59 Å². The second kappa shape index (κ2) is 10.3. The molecule has 0 amide bonds. The summed E-state index contributed by atoms with van der Waals surface area (Å²) < 4.78 is 26.7. The first-order chi connectivity index (χ1) is 15.8. The standard InChI is InChI=1S/C26H28O7/c1-15(2)19-13-20-18(12-25(28)33-21(20)9-16(19)3)14-32-24(27)8-7-17-10-22(29-4)26(31-6)23(11-17)30-5/h7-13,15H,14H2,1-6H3. The molecule has 0 N–H and O–H groups in total. The number of esters is 1. The SMILES string of the molecule is COc1cc(C=CC(=O)OCc2cc(=O)oc3cc(C)c(C(C)C)cc23)cc(OC)c1OC. The Kier molecular flexibility index (Phi) is 7.43. The molecule has 3 rings (SSSR count). The summed E-state index contributed by atoms with van der Waals surface area (Å²) >= 11 is 0. The Morgan fingerprint density at radius 2 is 1.67 bits per heavy atom. The van der Waals surface area contributed by atoms with Gasteiger partial charge in [-0.05, 0) is 59.9 Å². The van der Waals surface area contributed by atoms with Crippen LogP contribution in [-0.4, -0.2) is 27.3 Å². The summed E-state index contributed by atoms with van der Waals surface area (Å²) in [7, 11) is 4.56. The fourth-order valence-electron chi connectivity index (χ4n) is 3.69. The first kappa shape index (κ1) is 23.9. The van der Waals surface area contributed by atoms with Gasteiger partial charge < -0.3 is 23.4 Å². The number of rotatable bonds is 8. The molecular formula is C26H28O7. The quantitative estimate of drug-likeness (QED) is 0.270. The summed E-state index contributed by atoms with van der Waals surface area (Å²) in [6.07, 6.45) is 2.89. The molecule has 7 nitrogen and oxygen atoms in total. The third-order valence-corrected chi connectivity index (χ3v) is 5.31. The molecule has 0 saturated carbocycles. The summed E-state index contributed by atoms with van der Waals surface area (Å²) in [6, 6.07) is 8.64. The molecule has 0 aliphatic heterocycles. The molecular weight excluding hydrogens is 424 g/mol. The molecule has 0 radical (unpaired) electrons. The van der Waals surface area contributed by atoms with Crippen LogP contribution in [0.1, 0.15) is 42.0 Å². The van der Waals surface area contributed by atoms with Crippen molar-refractivity contribution >= 4 is 23.0 Å². The van der Waals surface area contributed by atoms with E-state index >= 15 is 0 Å². The predicted molar refractivity (Wildman–Crippen MR) is 126 cm³/mol. The molecule has 0 aliphatic rings. The number of methoxy groups -OCH3 is 3. The topological polar surface area (TPSA) is 84.2 Å². The Labute approximate surface area is 192 Å². The zero-order valence-electron chi connectivity index (χ0n) is 19.7. The van der Waals surface area contributed by atoms with E-state index in [1.807, 2.05) is 19.1 Å². The van der Waals surface area contributed by atoms with Crippen LogP contribution in [0.5, 0.6) is 17.2 Å². The highest BCUT2D eigenvalue weighted by Crippen LogP contribution is 2.38. The van der Waals surface area contributed by atoms with Crippen molar-refractivity contribution in [1.29, 1.82) is 0 Å². The van der Waals surface area contributed by atoms with Crippen molar-refractivity contribution in [2.24, 2.45) is 0 Å². The van der Waals surface area contributed by atoms with Crippen LogP contribution in [0.3, 0.4) is 0 Å². The van der Waals surface area contributed by atoms with Crippen molar-refractivity contribution in [3.63, 3.8) is 0 Å². The van der Waals surface area contributed by atoms with Gasteiger partial charge in [-0.3, -0.25) is 0 Å². The minimum Gasteiger partial charge on any atom is -0.493 e. The summed E-state index contributed by atoms with van der Waals surface area (Å²) in [6.45, 7) is 6.12. The Balaban J connectivity index is 1.82. The van der Waals surface area contributed by atoms with Gasteiger partial charge in [-0.1, -0.05) is 13.8 Å².